The van der Waals surface area contributed by atoms with Gasteiger partial charge in [-0.05, 0) is 30.9 Å². The standard InChI is InChI=1S/C18H25NO2/c1-19(2)14-16-10-6-7-11-17(16)21-18(20)13-12-15-8-4-3-5-9-15/h3-5,8-9,12-13,16-17H,6-7,10-11,14H2,1-2H3/p+1/b13-12+/t16-,17+/m0/s1. The number of hydrogen-bond acceptors (Lipinski definition) is 2. The fourth-order valence-electron chi connectivity index (χ4n) is 3.00. The van der Waals surface area contributed by atoms with Crippen molar-refractivity contribution in [2.45, 2.75) is 31.8 Å². The first-order chi connectivity index (χ1) is 10.1. The molecule has 0 aromatic heterocycles. The van der Waals surface area contributed by atoms with E-state index in [-0.39, 0.29) is 12.1 Å². The molecule has 21 heavy (non-hydrogen) atoms. The predicted molar refractivity (Wildman–Crippen MR) is 85.0 cm³/mol. The zero-order valence-corrected chi connectivity index (χ0v) is 13.0. The zero-order chi connectivity index (χ0) is 15.1. The molecule has 0 spiro atoms. The molecular formula is C18H26NO2+. The average Bonchev–Trinajstić information content (AvgIpc) is 2.48. The summed E-state index contributed by atoms with van der Waals surface area (Å²) in [4.78, 5) is 13.4. The third-order valence-electron chi connectivity index (χ3n) is 3.99. The number of nitrogens with one attached hydrogen (secondary N) is 1. The fraction of sp³-hybridized carbons (Fsp3) is 0.500. The maximum Gasteiger partial charge on any atom is 0.331 e. The van der Waals surface area contributed by atoms with E-state index < -0.39 is 0 Å². The Morgan fingerprint density at radius 3 is 2.67 bits per heavy atom. The van der Waals surface area contributed by atoms with Crippen molar-refractivity contribution in [3.63, 3.8) is 0 Å². The van der Waals surface area contributed by atoms with Crippen molar-refractivity contribution in [1.29, 1.82) is 0 Å². The Hall–Kier alpha value is -1.61. The van der Waals surface area contributed by atoms with Gasteiger partial charge < -0.3 is 9.64 Å². The minimum absolute atomic E-state index is 0.0848. The quantitative estimate of drug-likeness (QED) is 0.663. The van der Waals surface area contributed by atoms with Crippen molar-refractivity contribution in [1.82, 2.24) is 0 Å². The number of benzene rings is 1. The SMILES string of the molecule is C[NH+](C)C[C@@H]1CCCC[C@H]1OC(=O)/C=C/c1ccccc1. The number of carbonyl (C=O) groups excluding carboxylic acids is 1. The monoisotopic (exact) mass is 288 g/mol. The van der Waals surface area contributed by atoms with E-state index in [4.69, 9.17) is 4.74 Å². The van der Waals surface area contributed by atoms with Crippen LogP contribution in [-0.4, -0.2) is 32.7 Å². The molecule has 1 aliphatic rings. The Morgan fingerprint density at radius 2 is 1.95 bits per heavy atom. The van der Waals surface area contributed by atoms with Crippen LogP contribution in [0, 0.1) is 5.92 Å². The van der Waals surface area contributed by atoms with Crippen molar-refractivity contribution in [3.05, 3.63) is 42.0 Å². The highest BCUT2D eigenvalue weighted by Gasteiger charge is 2.29. The number of esters is 1. The summed E-state index contributed by atoms with van der Waals surface area (Å²) in [6, 6.07) is 9.83. The van der Waals surface area contributed by atoms with Gasteiger partial charge >= 0.3 is 5.97 Å². The molecule has 2 rings (SSSR count). The van der Waals surface area contributed by atoms with Crippen LogP contribution < -0.4 is 4.90 Å². The van der Waals surface area contributed by atoms with Crippen LogP contribution in [0.2, 0.25) is 0 Å². The molecule has 114 valence electrons. The molecule has 0 saturated heterocycles. The highest BCUT2D eigenvalue weighted by Crippen LogP contribution is 2.26. The number of ether oxygens (including phenoxy) is 1. The van der Waals surface area contributed by atoms with Gasteiger partial charge in [0, 0.05) is 12.0 Å². The lowest BCUT2D eigenvalue weighted by atomic mass is 9.86. The summed E-state index contributed by atoms with van der Waals surface area (Å²) in [6.07, 6.45) is 8.04. The van der Waals surface area contributed by atoms with E-state index in [0.717, 1.165) is 18.5 Å². The number of carbonyl (C=O) groups is 1. The summed E-state index contributed by atoms with van der Waals surface area (Å²) in [5, 5.41) is 0. The summed E-state index contributed by atoms with van der Waals surface area (Å²) >= 11 is 0. The first-order valence-electron chi connectivity index (χ1n) is 7.88. The second-order valence-electron chi connectivity index (χ2n) is 6.18. The molecule has 0 bridgehead atoms. The van der Waals surface area contributed by atoms with Gasteiger partial charge in [-0.2, -0.15) is 0 Å². The fourth-order valence-corrected chi connectivity index (χ4v) is 3.00. The van der Waals surface area contributed by atoms with Crippen LogP contribution in [0.25, 0.3) is 6.08 Å². The van der Waals surface area contributed by atoms with E-state index >= 15 is 0 Å². The molecule has 0 amide bonds. The molecule has 0 unspecified atom stereocenters. The molecule has 3 nitrogen and oxygen atoms in total. The molecule has 1 aliphatic carbocycles. The van der Waals surface area contributed by atoms with Crippen molar-refractivity contribution < 1.29 is 14.4 Å². The first kappa shape index (κ1) is 15.8. The molecule has 1 aromatic rings. The van der Waals surface area contributed by atoms with Crippen molar-refractivity contribution in [2.75, 3.05) is 20.6 Å². The van der Waals surface area contributed by atoms with Gasteiger partial charge in [0.05, 0.1) is 20.6 Å². The maximum absolute atomic E-state index is 12.0. The highest BCUT2D eigenvalue weighted by atomic mass is 16.5. The van der Waals surface area contributed by atoms with Gasteiger partial charge in [-0.25, -0.2) is 4.79 Å². The maximum atomic E-state index is 12.0. The minimum Gasteiger partial charge on any atom is -0.459 e. The lowest BCUT2D eigenvalue weighted by Gasteiger charge is -2.31. The molecule has 3 heteroatoms. The lowest BCUT2D eigenvalue weighted by Crippen LogP contribution is -3.06. The molecule has 1 fully saturated rings. The molecule has 0 heterocycles. The van der Waals surface area contributed by atoms with Crippen LogP contribution in [0.1, 0.15) is 31.2 Å². The van der Waals surface area contributed by atoms with Crippen LogP contribution in [0.15, 0.2) is 36.4 Å². The summed E-state index contributed by atoms with van der Waals surface area (Å²) < 4.78 is 5.69. The Bertz CT molecular complexity index is 467. The first-order valence-corrected chi connectivity index (χ1v) is 7.88. The topological polar surface area (TPSA) is 30.7 Å². The Kier molecular flexibility index (Phi) is 6.00. The zero-order valence-electron chi connectivity index (χ0n) is 13.0. The normalized spacial score (nSPS) is 22.6. The summed E-state index contributed by atoms with van der Waals surface area (Å²) in [5.41, 5.74) is 1.02. The molecule has 1 N–H and O–H groups in total. The van der Waals surface area contributed by atoms with Crippen LogP contribution in [0.5, 0.6) is 0 Å². The van der Waals surface area contributed by atoms with E-state index in [1.807, 2.05) is 36.4 Å². The minimum atomic E-state index is -0.218. The van der Waals surface area contributed by atoms with Crippen LogP contribution in [0.3, 0.4) is 0 Å². The summed E-state index contributed by atoms with van der Waals surface area (Å²) in [7, 11) is 4.31. The third-order valence-corrected chi connectivity index (χ3v) is 3.99. The van der Waals surface area contributed by atoms with Gasteiger partial charge in [-0.3, -0.25) is 0 Å². The summed E-state index contributed by atoms with van der Waals surface area (Å²) in [5.74, 6) is 0.280. The molecule has 2 atom stereocenters. The number of hydrogen-bond donors (Lipinski definition) is 1. The van der Waals surface area contributed by atoms with Crippen LogP contribution >= 0.6 is 0 Å². The van der Waals surface area contributed by atoms with E-state index in [0.29, 0.717) is 5.92 Å². The van der Waals surface area contributed by atoms with Gasteiger partial charge in [0.15, 0.2) is 0 Å². The number of rotatable bonds is 5. The molecule has 1 saturated carbocycles. The largest absolute Gasteiger partial charge is 0.459 e. The Labute approximate surface area is 127 Å². The van der Waals surface area contributed by atoms with Gasteiger partial charge in [0.1, 0.15) is 6.10 Å². The van der Waals surface area contributed by atoms with Gasteiger partial charge in [-0.15, -0.1) is 0 Å². The van der Waals surface area contributed by atoms with Gasteiger partial charge in [-0.1, -0.05) is 36.8 Å². The van der Waals surface area contributed by atoms with E-state index in [2.05, 4.69) is 14.1 Å². The van der Waals surface area contributed by atoms with Crippen molar-refractivity contribution in [2.24, 2.45) is 5.92 Å². The highest BCUT2D eigenvalue weighted by molar-refractivity contribution is 5.87. The molecule has 1 aromatic carbocycles. The van der Waals surface area contributed by atoms with Crippen LogP contribution in [-0.2, 0) is 9.53 Å². The van der Waals surface area contributed by atoms with Gasteiger partial charge in [0.25, 0.3) is 0 Å². The van der Waals surface area contributed by atoms with Crippen molar-refractivity contribution in [3.8, 4) is 0 Å². The predicted octanol–water partition coefficient (Wildman–Crippen LogP) is 1.95. The lowest BCUT2D eigenvalue weighted by molar-refractivity contribution is -0.862. The Balaban J connectivity index is 1.89. The summed E-state index contributed by atoms with van der Waals surface area (Å²) in [6.45, 7) is 1.07. The second kappa shape index (κ2) is 7.99. The van der Waals surface area contributed by atoms with E-state index in [1.54, 1.807) is 6.08 Å². The average molecular weight is 288 g/mol. The third kappa shape index (κ3) is 5.35. The molecule has 0 radical (unpaired) electrons. The molecular weight excluding hydrogens is 262 g/mol. The Morgan fingerprint density at radius 1 is 1.24 bits per heavy atom. The second-order valence-corrected chi connectivity index (χ2v) is 6.18. The van der Waals surface area contributed by atoms with E-state index in [9.17, 15) is 4.79 Å². The van der Waals surface area contributed by atoms with Gasteiger partial charge in [0.2, 0.25) is 0 Å². The smallest absolute Gasteiger partial charge is 0.331 e. The van der Waals surface area contributed by atoms with Crippen LogP contribution in [0.4, 0.5) is 0 Å². The molecule has 0 aliphatic heterocycles. The van der Waals surface area contributed by atoms with Crippen molar-refractivity contribution >= 4 is 12.0 Å². The number of quaternary nitrogens is 1. The van der Waals surface area contributed by atoms with E-state index in [1.165, 1.54) is 24.2 Å².